The van der Waals surface area contributed by atoms with E-state index in [1.54, 1.807) is 28.4 Å². The van der Waals surface area contributed by atoms with Crippen molar-refractivity contribution in [3.63, 3.8) is 0 Å². The Morgan fingerprint density at radius 3 is 2.38 bits per heavy atom. The van der Waals surface area contributed by atoms with Gasteiger partial charge in [-0.1, -0.05) is 29.8 Å². The fourth-order valence-electron chi connectivity index (χ4n) is 3.87. The molecule has 0 bridgehead atoms. The number of aryl methyl sites for hydroxylation is 1. The summed E-state index contributed by atoms with van der Waals surface area (Å²) in [4.78, 5) is 12.0. The molecule has 172 valence electrons. The summed E-state index contributed by atoms with van der Waals surface area (Å²) in [6, 6.07) is 13.9. The molecule has 9 nitrogen and oxygen atoms in total. The summed E-state index contributed by atoms with van der Waals surface area (Å²) >= 11 is 0. The molecule has 3 aromatic heterocycles. The van der Waals surface area contributed by atoms with Crippen LogP contribution in [0.5, 0.6) is 0 Å². The smallest absolute Gasteiger partial charge is 0.311 e. The van der Waals surface area contributed by atoms with Crippen LogP contribution in [0.4, 0.5) is 4.39 Å². The van der Waals surface area contributed by atoms with Crippen molar-refractivity contribution >= 4 is 22.8 Å². The highest BCUT2D eigenvalue weighted by Gasteiger charge is 2.24. The molecule has 0 amide bonds. The molecule has 10 heteroatoms. The number of benzene rings is 2. The maximum Gasteiger partial charge on any atom is 0.311 e. The Hall–Kier alpha value is -4.18. The standard InChI is InChI=1S/C24H21FN6O3/c1-14-4-10-17(11-5-14)30-24-22(18(28-30)12-20(32)34-3)26-27-23-21(15-6-8-16(25)9-7-15)19(13-33-2)29-31(23)24/h4-11H,12-13H2,1-3H3. The summed E-state index contributed by atoms with van der Waals surface area (Å²) in [6.45, 7) is 2.21. The SMILES string of the molecule is COCc1nn2c(nnc3c(CC(=O)OC)nn(-c4ccc(C)cc4)c32)c1-c1ccc(F)cc1. The molecular weight excluding hydrogens is 439 g/mol. The van der Waals surface area contributed by atoms with Crippen molar-refractivity contribution < 1.29 is 18.7 Å². The Balaban J connectivity index is 1.83. The van der Waals surface area contributed by atoms with Gasteiger partial charge in [0.05, 0.1) is 37.1 Å². The third-order valence-corrected chi connectivity index (χ3v) is 5.52. The topological polar surface area (TPSA) is 96.4 Å². The van der Waals surface area contributed by atoms with Gasteiger partial charge in [-0.3, -0.25) is 4.79 Å². The molecule has 0 spiro atoms. The lowest BCUT2D eigenvalue weighted by atomic mass is 10.1. The number of fused-ring (bicyclic) bond motifs is 3. The molecule has 0 aliphatic heterocycles. The molecule has 2 aromatic carbocycles. The summed E-state index contributed by atoms with van der Waals surface area (Å²) in [6.07, 6.45) is -0.0664. The van der Waals surface area contributed by atoms with Crippen LogP contribution in [-0.4, -0.2) is 49.8 Å². The predicted molar refractivity (Wildman–Crippen MR) is 122 cm³/mol. The van der Waals surface area contributed by atoms with E-state index in [-0.39, 0.29) is 18.8 Å². The summed E-state index contributed by atoms with van der Waals surface area (Å²) < 4.78 is 27.1. The molecule has 0 saturated carbocycles. The number of halogens is 1. The van der Waals surface area contributed by atoms with Crippen LogP contribution in [0.15, 0.2) is 48.5 Å². The molecule has 0 fully saturated rings. The normalized spacial score (nSPS) is 11.4. The minimum Gasteiger partial charge on any atom is -0.469 e. The van der Waals surface area contributed by atoms with Gasteiger partial charge in [0.1, 0.15) is 11.5 Å². The number of ether oxygens (including phenoxy) is 2. The van der Waals surface area contributed by atoms with Gasteiger partial charge in [0.2, 0.25) is 0 Å². The number of esters is 1. The zero-order valence-electron chi connectivity index (χ0n) is 18.8. The number of carbonyl (C=O) groups is 1. The first-order valence-corrected chi connectivity index (χ1v) is 10.5. The molecule has 34 heavy (non-hydrogen) atoms. The van der Waals surface area contributed by atoms with Crippen molar-refractivity contribution in [3.05, 3.63) is 71.3 Å². The van der Waals surface area contributed by atoms with E-state index in [0.29, 0.717) is 33.8 Å². The number of aromatic nitrogens is 6. The van der Waals surface area contributed by atoms with Gasteiger partial charge in [-0.25, -0.2) is 9.07 Å². The van der Waals surface area contributed by atoms with E-state index in [0.717, 1.165) is 16.8 Å². The van der Waals surface area contributed by atoms with Crippen molar-refractivity contribution in [1.29, 1.82) is 0 Å². The third-order valence-electron chi connectivity index (χ3n) is 5.52. The first-order valence-electron chi connectivity index (χ1n) is 10.5. The van der Waals surface area contributed by atoms with E-state index >= 15 is 0 Å². The first-order chi connectivity index (χ1) is 16.5. The van der Waals surface area contributed by atoms with Gasteiger partial charge in [0, 0.05) is 7.11 Å². The first kappa shape index (κ1) is 21.7. The van der Waals surface area contributed by atoms with Gasteiger partial charge in [0.15, 0.2) is 16.8 Å². The van der Waals surface area contributed by atoms with E-state index in [4.69, 9.17) is 14.6 Å². The molecule has 0 radical (unpaired) electrons. The summed E-state index contributed by atoms with van der Waals surface area (Å²) in [5.74, 6) is -0.781. The lowest BCUT2D eigenvalue weighted by molar-refractivity contribution is -0.139. The average molecular weight is 460 g/mol. The van der Waals surface area contributed by atoms with Crippen molar-refractivity contribution in [2.45, 2.75) is 20.0 Å². The molecular formula is C24H21FN6O3. The van der Waals surface area contributed by atoms with E-state index in [9.17, 15) is 9.18 Å². The zero-order chi connectivity index (χ0) is 23.8. The van der Waals surface area contributed by atoms with Gasteiger partial charge in [-0.05, 0) is 36.8 Å². The Kier molecular flexibility index (Phi) is 5.50. The van der Waals surface area contributed by atoms with E-state index in [1.165, 1.54) is 19.2 Å². The Morgan fingerprint density at radius 1 is 0.971 bits per heavy atom. The van der Waals surface area contributed by atoms with Crippen molar-refractivity contribution in [3.8, 4) is 16.8 Å². The fraction of sp³-hybridized carbons (Fsp3) is 0.208. The van der Waals surface area contributed by atoms with Crippen LogP contribution in [0.3, 0.4) is 0 Å². The molecule has 5 aromatic rings. The fourth-order valence-corrected chi connectivity index (χ4v) is 3.87. The van der Waals surface area contributed by atoms with Crippen LogP contribution in [0.1, 0.15) is 17.0 Å². The summed E-state index contributed by atoms with van der Waals surface area (Å²) in [5, 5.41) is 18.3. The largest absolute Gasteiger partial charge is 0.469 e. The van der Waals surface area contributed by atoms with Gasteiger partial charge in [0.25, 0.3) is 0 Å². The van der Waals surface area contributed by atoms with Crippen molar-refractivity contribution in [2.24, 2.45) is 0 Å². The van der Waals surface area contributed by atoms with Crippen LogP contribution in [-0.2, 0) is 27.3 Å². The van der Waals surface area contributed by atoms with Crippen LogP contribution in [0.2, 0.25) is 0 Å². The van der Waals surface area contributed by atoms with Gasteiger partial charge in [-0.2, -0.15) is 14.7 Å². The number of nitrogens with zero attached hydrogens (tertiary/aromatic N) is 6. The molecule has 5 rings (SSSR count). The van der Waals surface area contributed by atoms with E-state index in [1.807, 2.05) is 31.2 Å². The molecule has 0 unspecified atom stereocenters. The van der Waals surface area contributed by atoms with Crippen LogP contribution < -0.4 is 0 Å². The summed E-state index contributed by atoms with van der Waals surface area (Å²) in [5.41, 5.74) is 5.74. The predicted octanol–water partition coefficient (Wildman–Crippen LogP) is 3.44. The third kappa shape index (κ3) is 3.67. The Bertz CT molecular complexity index is 1510. The molecule has 0 atom stereocenters. The molecule has 3 heterocycles. The lowest BCUT2D eigenvalue weighted by Crippen LogP contribution is -2.06. The second kappa shape index (κ2) is 8.64. The zero-order valence-corrected chi connectivity index (χ0v) is 18.8. The second-order valence-corrected chi connectivity index (χ2v) is 7.82. The van der Waals surface area contributed by atoms with Crippen molar-refractivity contribution in [2.75, 3.05) is 14.2 Å². The Labute approximate surface area is 193 Å². The highest BCUT2D eigenvalue weighted by atomic mass is 19.1. The maximum atomic E-state index is 13.6. The van der Waals surface area contributed by atoms with Crippen LogP contribution in [0, 0.1) is 12.7 Å². The molecule has 0 N–H and O–H groups in total. The Morgan fingerprint density at radius 2 is 1.71 bits per heavy atom. The van der Waals surface area contributed by atoms with E-state index in [2.05, 4.69) is 15.3 Å². The van der Waals surface area contributed by atoms with E-state index < -0.39 is 5.97 Å². The molecule has 0 aliphatic carbocycles. The average Bonchev–Trinajstić information content (AvgIpc) is 3.38. The maximum absolute atomic E-state index is 13.6. The van der Waals surface area contributed by atoms with Crippen molar-refractivity contribution in [1.82, 2.24) is 29.6 Å². The van der Waals surface area contributed by atoms with Gasteiger partial charge in [-0.15, -0.1) is 10.2 Å². The van der Waals surface area contributed by atoms with Gasteiger partial charge >= 0.3 is 5.97 Å². The molecule has 0 saturated heterocycles. The summed E-state index contributed by atoms with van der Waals surface area (Å²) in [7, 11) is 2.90. The quantitative estimate of drug-likeness (QED) is 0.358. The second-order valence-electron chi connectivity index (χ2n) is 7.82. The minimum atomic E-state index is -0.440. The number of hydrogen-bond acceptors (Lipinski definition) is 7. The number of methoxy groups -OCH3 is 2. The highest BCUT2D eigenvalue weighted by Crippen LogP contribution is 2.31. The number of hydrogen-bond donors (Lipinski definition) is 0. The lowest BCUT2D eigenvalue weighted by Gasteiger charge is -2.05. The highest BCUT2D eigenvalue weighted by molar-refractivity contribution is 5.87. The minimum absolute atomic E-state index is 0.0664. The van der Waals surface area contributed by atoms with Crippen LogP contribution in [0.25, 0.3) is 33.6 Å². The number of rotatable bonds is 6. The number of carbonyl (C=O) groups excluding carboxylic acids is 1. The molecule has 0 aliphatic rings. The monoisotopic (exact) mass is 460 g/mol. The van der Waals surface area contributed by atoms with Crippen LogP contribution >= 0.6 is 0 Å². The van der Waals surface area contributed by atoms with Gasteiger partial charge < -0.3 is 9.47 Å².